The molecule has 1 aromatic heterocycles. The van der Waals surface area contributed by atoms with Gasteiger partial charge in [0.2, 0.25) is 5.43 Å². The van der Waals surface area contributed by atoms with Gasteiger partial charge in [-0.15, -0.1) is 0 Å². The van der Waals surface area contributed by atoms with Crippen LogP contribution in [0.4, 0.5) is 17.1 Å². The van der Waals surface area contributed by atoms with Crippen LogP contribution in [0.15, 0.2) is 137 Å². The van der Waals surface area contributed by atoms with Crippen molar-refractivity contribution in [2.75, 3.05) is 4.90 Å². The molecule has 0 bridgehead atoms. The van der Waals surface area contributed by atoms with Crippen LogP contribution in [0.25, 0.3) is 33.1 Å². The van der Waals surface area contributed by atoms with Crippen LogP contribution in [0.1, 0.15) is 74.9 Å². The number of hydrogen-bond acceptors (Lipinski definition) is 3. The van der Waals surface area contributed by atoms with E-state index in [0.717, 1.165) is 33.8 Å². The molecule has 240 valence electrons. The summed E-state index contributed by atoms with van der Waals surface area (Å²) in [5.41, 5.74) is 13.6. The van der Waals surface area contributed by atoms with Crippen molar-refractivity contribution in [2.45, 2.75) is 57.8 Å². The monoisotopic (exact) mass is 637 g/mol. The van der Waals surface area contributed by atoms with Crippen LogP contribution in [0.2, 0.25) is 0 Å². The van der Waals surface area contributed by atoms with E-state index < -0.39 is 5.41 Å². The lowest BCUT2D eigenvalue weighted by atomic mass is 9.64. The van der Waals surface area contributed by atoms with Crippen molar-refractivity contribution in [3.63, 3.8) is 0 Å². The van der Waals surface area contributed by atoms with Crippen LogP contribution < -0.4 is 10.3 Å². The molecule has 0 amide bonds. The first-order valence-corrected chi connectivity index (χ1v) is 17.2. The maximum Gasteiger partial charge on any atom is 0.200 e. The third kappa shape index (κ3) is 4.11. The predicted octanol–water partition coefficient (Wildman–Crippen LogP) is 11.7. The van der Waals surface area contributed by atoms with Gasteiger partial charge in [-0.1, -0.05) is 120 Å². The van der Waals surface area contributed by atoms with Gasteiger partial charge in [0.15, 0.2) is 0 Å². The fraction of sp³-hybridized carbons (Fsp3) is 0.196. The summed E-state index contributed by atoms with van der Waals surface area (Å²) < 4.78 is 6.43. The highest BCUT2D eigenvalue weighted by atomic mass is 16.3. The minimum atomic E-state index is -0.642. The zero-order chi connectivity index (χ0) is 33.9. The fourth-order valence-corrected chi connectivity index (χ4v) is 8.28. The van der Waals surface area contributed by atoms with E-state index in [9.17, 15) is 4.79 Å². The maximum atomic E-state index is 14.1. The van der Waals surface area contributed by atoms with E-state index in [1.807, 2.05) is 24.3 Å². The highest BCUT2D eigenvalue weighted by Gasteiger charge is 2.52. The van der Waals surface area contributed by atoms with Crippen molar-refractivity contribution in [2.24, 2.45) is 0 Å². The molecule has 3 heteroatoms. The molecule has 3 nitrogen and oxygen atoms in total. The second kappa shape index (κ2) is 10.1. The minimum Gasteiger partial charge on any atom is -0.456 e. The number of hydrogen-bond donors (Lipinski definition) is 0. The normalized spacial score (nSPS) is 14.5. The second-order valence-electron chi connectivity index (χ2n) is 15.8. The summed E-state index contributed by atoms with van der Waals surface area (Å²) in [6, 6.07) is 45.4. The first-order chi connectivity index (χ1) is 23.5. The molecule has 6 aromatic carbocycles. The van der Waals surface area contributed by atoms with Gasteiger partial charge in [0.25, 0.3) is 0 Å². The first-order valence-electron chi connectivity index (χ1n) is 17.2. The molecule has 0 saturated carbocycles. The van der Waals surface area contributed by atoms with Gasteiger partial charge in [-0.05, 0) is 104 Å². The van der Waals surface area contributed by atoms with Crippen LogP contribution in [0.3, 0.4) is 0 Å². The topological polar surface area (TPSA) is 33.5 Å². The summed E-state index contributed by atoms with van der Waals surface area (Å²) in [7, 11) is 0. The van der Waals surface area contributed by atoms with E-state index in [0.29, 0.717) is 21.9 Å². The molecule has 1 aliphatic carbocycles. The lowest BCUT2D eigenvalue weighted by Gasteiger charge is -2.45. The Balaban J connectivity index is 1.41. The SMILES string of the molecule is CC(C)(C)c1cc(N2c3ccccc3C3(c4ccccc4-c4cc5oc6ccccc6c(=O)c5cc43)c3ccccc32)cc(C(C)(C)C)c1. The van der Waals surface area contributed by atoms with Gasteiger partial charge in [0.1, 0.15) is 11.2 Å². The molecular formula is C46H39NO2. The Morgan fingerprint density at radius 2 is 1.06 bits per heavy atom. The molecule has 1 spiro atoms. The number of benzene rings is 6. The van der Waals surface area contributed by atoms with E-state index >= 15 is 0 Å². The number of nitrogens with zero attached hydrogens (tertiary/aromatic N) is 1. The summed E-state index contributed by atoms with van der Waals surface area (Å²) in [5.74, 6) is 0. The quantitative estimate of drug-likeness (QED) is 0.168. The van der Waals surface area contributed by atoms with Crippen LogP contribution in [-0.2, 0) is 16.2 Å². The zero-order valence-electron chi connectivity index (χ0n) is 28.9. The summed E-state index contributed by atoms with van der Waals surface area (Å²) in [5, 5.41) is 1.21. The molecule has 2 heterocycles. The zero-order valence-corrected chi connectivity index (χ0v) is 28.9. The van der Waals surface area contributed by atoms with E-state index in [2.05, 4.69) is 150 Å². The standard InChI is InChI=1S/C46H39NO2/c1-44(2,3)28-23-29(45(4,5)6)25-30(24-28)47-39-20-12-10-18-36(39)46(37-19-11-13-21-40(37)47)35-17-9-7-15-31(35)33-27-42-34(26-38(33)46)43(48)32-16-8-14-22-41(32)49-42/h7-27H,1-6H3. The Bertz CT molecular complexity index is 2480. The number of fused-ring (bicyclic) bond motifs is 11. The van der Waals surface area contributed by atoms with Gasteiger partial charge in [-0.25, -0.2) is 0 Å². The molecule has 0 fully saturated rings. The summed E-state index contributed by atoms with van der Waals surface area (Å²) >= 11 is 0. The second-order valence-corrected chi connectivity index (χ2v) is 15.8. The highest BCUT2D eigenvalue weighted by molar-refractivity contribution is 6.00. The summed E-state index contributed by atoms with van der Waals surface area (Å²) in [6.45, 7) is 13.8. The smallest absolute Gasteiger partial charge is 0.200 e. The molecule has 2 aliphatic rings. The molecule has 9 rings (SSSR count). The molecule has 1 aliphatic heterocycles. The van der Waals surface area contributed by atoms with E-state index in [-0.39, 0.29) is 16.3 Å². The molecule has 0 N–H and O–H groups in total. The van der Waals surface area contributed by atoms with Gasteiger partial charge in [-0.3, -0.25) is 4.79 Å². The molecule has 0 atom stereocenters. The van der Waals surface area contributed by atoms with Gasteiger partial charge >= 0.3 is 0 Å². The molecule has 7 aromatic rings. The molecule has 0 saturated heterocycles. The Hall–Kier alpha value is -5.41. The Kier molecular flexibility index (Phi) is 6.10. The average molecular weight is 638 g/mol. The van der Waals surface area contributed by atoms with E-state index in [1.54, 1.807) is 0 Å². The largest absolute Gasteiger partial charge is 0.456 e. The van der Waals surface area contributed by atoms with Gasteiger partial charge in [0.05, 0.1) is 27.6 Å². The number of rotatable bonds is 1. The average Bonchev–Trinajstić information content (AvgIpc) is 3.37. The highest BCUT2D eigenvalue weighted by Crippen LogP contribution is 2.63. The summed E-state index contributed by atoms with van der Waals surface area (Å²) in [4.78, 5) is 16.6. The third-order valence-corrected chi connectivity index (χ3v) is 10.7. The van der Waals surface area contributed by atoms with Crippen molar-refractivity contribution in [1.29, 1.82) is 0 Å². The molecule has 0 unspecified atom stereocenters. The van der Waals surface area contributed by atoms with Crippen molar-refractivity contribution >= 4 is 39.0 Å². The van der Waals surface area contributed by atoms with Crippen molar-refractivity contribution in [3.05, 3.63) is 171 Å². The minimum absolute atomic E-state index is 0.00142. The Morgan fingerprint density at radius 3 is 1.69 bits per heavy atom. The lowest BCUT2D eigenvalue weighted by Crippen LogP contribution is -2.36. The van der Waals surface area contributed by atoms with E-state index in [1.165, 1.54) is 27.8 Å². The lowest BCUT2D eigenvalue weighted by molar-refractivity contribution is 0.568. The molecule has 0 radical (unpaired) electrons. The third-order valence-electron chi connectivity index (χ3n) is 10.7. The van der Waals surface area contributed by atoms with Crippen LogP contribution in [-0.4, -0.2) is 0 Å². The van der Waals surface area contributed by atoms with Crippen molar-refractivity contribution < 1.29 is 4.42 Å². The summed E-state index contributed by atoms with van der Waals surface area (Å²) in [6.07, 6.45) is 0. The van der Waals surface area contributed by atoms with Crippen molar-refractivity contribution in [1.82, 2.24) is 0 Å². The molecule has 49 heavy (non-hydrogen) atoms. The van der Waals surface area contributed by atoms with Crippen LogP contribution >= 0.6 is 0 Å². The fourth-order valence-electron chi connectivity index (χ4n) is 8.28. The number of para-hydroxylation sites is 3. The van der Waals surface area contributed by atoms with Gasteiger partial charge in [-0.2, -0.15) is 0 Å². The number of anilines is 3. The van der Waals surface area contributed by atoms with Crippen LogP contribution in [0, 0.1) is 0 Å². The van der Waals surface area contributed by atoms with Gasteiger partial charge < -0.3 is 9.32 Å². The van der Waals surface area contributed by atoms with Crippen LogP contribution in [0.5, 0.6) is 0 Å². The Morgan fingerprint density at radius 1 is 0.510 bits per heavy atom. The van der Waals surface area contributed by atoms with E-state index in [4.69, 9.17) is 4.42 Å². The maximum absolute atomic E-state index is 14.1. The van der Waals surface area contributed by atoms with Gasteiger partial charge in [0, 0.05) is 5.69 Å². The Labute approximate surface area is 287 Å². The predicted molar refractivity (Wildman–Crippen MR) is 203 cm³/mol. The van der Waals surface area contributed by atoms with Crippen molar-refractivity contribution in [3.8, 4) is 11.1 Å². The molecular weight excluding hydrogens is 599 g/mol. The first kappa shape index (κ1) is 29.7.